The Kier molecular flexibility index (Phi) is 89.7. The second-order valence-corrected chi connectivity index (χ2v) is 28.9. The van der Waals surface area contributed by atoms with Crippen molar-refractivity contribution >= 4 is 82.3 Å². The molecule has 0 saturated carbocycles. The van der Waals surface area contributed by atoms with E-state index in [0.29, 0.717) is 45.5 Å². The van der Waals surface area contributed by atoms with Crippen molar-refractivity contribution in [2.75, 3.05) is 323 Å². The lowest BCUT2D eigenvalue weighted by molar-refractivity contribution is -0.144. The van der Waals surface area contributed by atoms with Gasteiger partial charge in [-0.2, -0.15) is 0 Å². The molecule has 9 amide bonds. The Balaban J connectivity index is 3.50. The Morgan fingerprint density at radius 3 is 0.636 bits per heavy atom. The van der Waals surface area contributed by atoms with E-state index >= 15 is 0 Å². The fourth-order valence-corrected chi connectivity index (χ4v) is 10.7. The van der Waals surface area contributed by atoms with Crippen molar-refractivity contribution < 1.29 is 167 Å². The summed E-state index contributed by atoms with van der Waals surface area (Å²) in [5.41, 5.74) is 0. The molecule has 44 nitrogen and oxygen atoms in total. The van der Waals surface area contributed by atoms with E-state index in [1.165, 1.54) is 45.4 Å². The maximum Gasteiger partial charge on any atom is 0.306 e. The molecule has 0 unspecified atom stereocenters. The Bertz CT molecular complexity index is 2860. The summed E-state index contributed by atoms with van der Waals surface area (Å²) in [7, 11) is 0. The van der Waals surface area contributed by atoms with Crippen molar-refractivity contribution in [3.05, 3.63) is 0 Å². The summed E-state index contributed by atoms with van der Waals surface area (Å²) in [6.45, 7) is 10.2. The molecule has 10 N–H and O–H groups in total. The van der Waals surface area contributed by atoms with Crippen LogP contribution in [0.1, 0.15) is 136 Å². The number of Topliss-reactive ketones (excluding diaryl/α,β-unsaturated/α-hetero) is 4. The number of ketones is 4. The first-order valence-electron chi connectivity index (χ1n) is 45.0. The maximum absolute atomic E-state index is 12.5. The molecule has 0 aliphatic rings. The minimum Gasteiger partial charge on any atom is -0.481 e. The molecule has 0 rings (SSSR count). The largest absolute Gasteiger partial charge is 0.481 e. The van der Waals surface area contributed by atoms with E-state index in [1.807, 2.05) is 0 Å². The van der Waals surface area contributed by atoms with Gasteiger partial charge in [-0.25, -0.2) is 0 Å². The molecule has 0 fully saturated rings. The lowest BCUT2D eigenvalue weighted by Gasteiger charge is -2.12. The molecule has 0 heterocycles. The number of rotatable bonds is 102. The third-order valence-corrected chi connectivity index (χ3v) is 17.3. The SMILES string of the molecule is CC(=O)CCCCCCCCCCCCCCC(=O)C[C@@H](CCC(=O)NCCOCCOCC(=O)NCCOCCOCC(=O)NCCOCCOCC(=O)NCCOCCOCC(=O)NCCOCCOCC(=O)NCCOCCOCC(=O)NCCOCCOCC(=O)NCCOCCOCC(=O)NCCOCCOCC(=O)CCCOCCOCC(C)=O)C(=O)O. The highest BCUT2D eigenvalue weighted by Gasteiger charge is 2.23. The molecule has 0 aromatic carbocycles. The number of carboxylic acid groups (broad SMARTS) is 1. The van der Waals surface area contributed by atoms with Crippen LogP contribution in [0.3, 0.4) is 0 Å². The third kappa shape index (κ3) is 96.5. The van der Waals surface area contributed by atoms with Crippen molar-refractivity contribution in [3.8, 4) is 0 Å². The van der Waals surface area contributed by atoms with Gasteiger partial charge in [0.2, 0.25) is 53.2 Å². The quantitative estimate of drug-likeness (QED) is 0.0320. The van der Waals surface area contributed by atoms with Crippen molar-refractivity contribution in [3.63, 3.8) is 0 Å². The Hall–Kier alpha value is -7.42. The van der Waals surface area contributed by atoms with E-state index in [4.69, 9.17) is 94.7 Å². The van der Waals surface area contributed by atoms with Crippen LogP contribution in [0, 0.1) is 5.92 Å². The van der Waals surface area contributed by atoms with Gasteiger partial charge in [-0.15, -0.1) is 0 Å². The van der Waals surface area contributed by atoms with Crippen LogP contribution in [0.2, 0.25) is 0 Å². The number of amides is 9. The van der Waals surface area contributed by atoms with E-state index < -0.39 is 11.9 Å². The standard InChI is InChI=1S/C85H153N9O35/c1-71(95)16-13-11-9-7-5-3-4-6-8-10-12-14-17-74(97)60-73(85(108)109)19-20-76(99)86-21-31-111-42-52-122-63-78(101)88-23-33-113-44-54-124-65-80(103)90-25-35-115-46-56-126-67-82(105)92-27-37-117-48-58-128-69-84(107)94-29-39-119-49-59-129-70-83(106)93-28-38-118-47-57-127-68-81(104)91-26-36-116-45-55-125-66-79(102)89-24-34-114-43-53-123-64-77(100)87-22-32-112-41-51-121-62-75(98)18-15-30-110-40-50-120-61-72(2)96/h73H,3-70H2,1-2H3,(H,86,99)(H,87,100)(H,88,101)(H,89,102)(H,90,103)(H,91,104)(H,92,105)(H,93,106)(H,94,107)(H,108,109)/t73-/m1/s1. The first-order chi connectivity index (χ1) is 62.8. The molecular formula is C85H153N9O35. The minimum atomic E-state index is -1.09. The lowest BCUT2D eigenvalue weighted by atomic mass is 9.94. The van der Waals surface area contributed by atoms with Gasteiger partial charge in [0.25, 0.3) is 0 Å². The van der Waals surface area contributed by atoms with Gasteiger partial charge in [0.15, 0.2) is 11.6 Å². The highest BCUT2D eigenvalue weighted by atomic mass is 16.6. The number of carbonyl (C=O) groups excluding carboxylic acids is 13. The topological polar surface area (TPSA) is 552 Å². The van der Waals surface area contributed by atoms with Crippen LogP contribution in [0.4, 0.5) is 0 Å². The number of unbranched alkanes of at least 4 members (excludes halogenated alkanes) is 11. The molecule has 0 saturated heterocycles. The molecule has 1 atom stereocenters. The molecular weight excluding hydrogens is 1710 g/mol. The maximum atomic E-state index is 12.5. The first-order valence-corrected chi connectivity index (χ1v) is 45.0. The number of nitrogens with one attached hydrogen (secondary N) is 9. The van der Waals surface area contributed by atoms with Crippen LogP contribution in [-0.2, 0) is 162 Å². The van der Waals surface area contributed by atoms with Gasteiger partial charge in [0.1, 0.15) is 77.6 Å². The van der Waals surface area contributed by atoms with Crippen LogP contribution in [-0.4, -0.2) is 411 Å². The molecule has 748 valence electrons. The number of aliphatic carboxylic acids is 1. The Morgan fingerprint density at radius 1 is 0.194 bits per heavy atom. The van der Waals surface area contributed by atoms with Gasteiger partial charge < -0.3 is 152 Å². The van der Waals surface area contributed by atoms with Crippen LogP contribution in [0.5, 0.6) is 0 Å². The van der Waals surface area contributed by atoms with Gasteiger partial charge in [0.05, 0.1) is 198 Å². The third-order valence-electron chi connectivity index (χ3n) is 17.3. The van der Waals surface area contributed by atoms with Gasteiger partial charge in [-0.05, 0) is 39.5 Å². The Morgan fingerprint density at radius 2 is 0.395 bits per heavy atom. The molecule has 0 aliphatic carbocycles. The molecule has 0 aromatic rings. The van der Waals surface area contributed by atoms with Gasteiger partial charge >= 0.3 is 5.97 Å². The normalized spacial score (nSPS) is 11.4. The van der Waals surface area contributed by atoms with Gasteiger partial charge in [0, 0.05) is 97.6 Å². The second-order valence-electron chi connectivity index (χ2n) is 28.9. The predicted molar refractivity (Wildman–Crippen MR) is 464 cm³/mol. The van der Waals surface area contributed by atoms with E-state index in [1.54, 1.807) is 6.92 Å². The molecule has 0 aromatic heterocycles. The molecule has 0 radical (unpaired) electrons. The van der Waals surface area contributed by atoms with Crippen LogP contribution >= 0.6 is 0 Å². The molecule has 0 bridgehead atoms. The van der Waals surface area contributed by atoms with E-state index in [-0.39, 0.29) is 399 Å². The predicted octanol–water partition coefficient (Wildman–Crippen LogP) is -1.21. The lowest BCUT2D eigenvalue weighted by Crippen LogP contribution is -2.33. The Labute approximate surface area is 759 Å². The summed E-state index contributed by atoms with van der Waals surface area (Å²) >= 11 is 0. The fraction of sp³-hybridized carbons (Fsp3) is 0.835. The zero-order chi connectivity index (χ0) is 94.2. The van der Waals surface area contributed by atoms with Crippen molar-refractivity contribution in [2.24, 2.45) is 5.92 Å². The second kappa shape index (κ2) is 95.2. The minimum absolute atomic E-state index is 0.0206. The smallest absolute Gasteiger partial charge is 0.306 e. The molecule has 0 spiro atoms. The number of hydrogen-bond acceptors (Lipinski definition) is 34. The average molecular weight is 1860 g/mol. The molecule has 44 heteroatoms. The van der Waals surface area contributed by atoms with Crippen molar-refractivity contribution in [1.82, 2.24) is 47.9 Å². The van der Waals surface area contributed by atoms with Crippen molar-refractivity contribution in [1.29, 1.82) is 0 Å². The summed E-state index contributed by atoms with van der Waals surface area (Å²) in [4.78, 5) is 166. The van der Waals surface area contributed by atoms with E-state index in [0.717, 1.165) is 38.5 Å². The zero-order valence-corrected chi connectivity index (χ0v) is 76.5. The zero-order valence-electron chi connectivity index (χ0n) is 76.5. The number of hydrogen-bond donors (Lipinski definition) is 10. The molecule has 0 aliphatic heterocycles. The number of carbonyl (C=O) groups is 14. The molecule has 129 heavy (non-hydrogen) atoms. The number of ether oxygens (including phenoxy) is 20. The summed E-state index contributed by atoms with van der Waals surface area (Å²) < 4.78 is 107. The van der Waals surface area contributed by atoms with Crippen LogP contribution < -0.4 is 47.9 Å². The van der Waals surface area contributed by atoms with Gasteiger partial charge in [-0.3, -0.25) is 62.3 Å². The van der Waals surface area contributed by atoms with E-state index in [9.17, 15) is 72.2 Å². The fourth-order valence-electron chi connectivity index (χ4n) is 10.7. The van der Waals surface area contributed by atoms with Crippen LogP contribution in [0.15, 0.2) is 0 Å². The average Bonchev–Trinajstić information content (AvgIpc) is 0.900. The van der Waals surface area contributed by atoms with Crippen LogP contribution in [0.25, 0.3) is 0 Å². The first kappa shape index (κ1) is 122. The summed E-state index contributed by atoms with van der Waals surface area (Å²) in [5.74, 6) is -4.99. The summed E-state index contributed by atoms with van der Waals surface area (Å²) in [6.07, 6.45) is 15.1. The number of carboxylic acids is 1. The highest BCUT2D eigenvalue weighted by molar-refractivity contribution is 5.85. The summed E-state index contributed by atoms with van der Waals surface area (Å²) in [5, 5.41) is 33.6. The highest BCUT2D eigenvalue weighted by Crippen LogP contribution is 2.17. The van der Waals surface area contributed by atoms with Gasteiger partial charge in [-0.1, -0.05) is 64.2 Å². The summed E-state index contributed by atoms with van der Waals surface area (Å²) in [6, 6.07) is 0. The van der Waals surface area contributed by atoms with E-state index in [2.05, 4.69) is 47.9 Å². The van der Waals surface area contributed by atoms with Crippen molar-refractivity contribution in [2.45, 2.75) is 136 Å². The monoisotopic (exact) mass is 1860 g/mol.